The predicted molar refractivity (Wildman–Crippen MR) is 91.2 cm³/mol. The average Bonchev–Trinajstić information content (AvgIpc) is 2.56. The van der Waals surface area contributed by atoms with Gasteiger partial charge in [0.25, 0.3) is 0 Å². The van der Waals surface area contributed by atoms with Crippen LogP contribution in [-0.4, -0.2) is 18.3 Å². The van der Waals surface area contributed by atoms with Crippen molar-refractivity contribution >= 4 is 17.4 Å². The second-order valence-corrected chi connectivity index (χ2v) is 5.65. The van der Waals surface area contributed by atoms with Crippen LogP contribution < -0.4 is 10.1 Å². The molecule has 0 heterocycles. The Morgan fingerprint density at radius 2 is 1.76 bits per heavy atom. The van der Waals surface area contributed by atoms with Crippen molar-refractivity contribution in [1.29, 1.82) is 0 Å². The molecule has 0 atom stereocenters. The van der Waals surface area contributed by atoms with E-state index in [-0.39, 0.29) is 30.1 Å². The van der Waals surface area contributed by atoms with Crippen molar-refractivity contribution in [3.8, 4) is 5.75 Å². The number of ketones is 1. The highest BCUT2D eigenvalue weighted by Crippen LogP contribution is 2.25. The molecular weight excluding hydrogens is 328 g/mol. The van der Waals surface area contributed by atoms with E-state index < -0.39 is 12.5 Å². The minimum Gasteiger partial charge on any atom is -0.433 e. The molecule has 2 rings (SSSR count). The maximum absolute atomic E-state index is 12.4. The molecule has 0 aromatic heterocycles. The van der Waals surface area contributed by atoms with Gasteiger partial charge < -0.3 is 10.1 Å². The number of hydrogen-bond acceptors (Lipinski definition) is 3. The van der Waals surface area contributed by atoms with Crippen LogP contribution in [0.3, 0.4) is 0 Å². The summed E-state index contributed by atoms with van der Waals surface area (Å²) >= 11 is 0. The molecule has 0 bridgehead atoms. The van der Waals surface area contributed by atoms with E-state index in [9.17, 15) is 18.4 Å². The van der Waals surface area contributed by atoms with Crippen LogP contribution in [0.5, 0.6) is 5.75 Å². The minimum absolute atomic E-state index is 0.0339. The summed E-state index contributed by atoms with van der Waals surface area (Å²) in [6.07, 6.45) is -0.0129. The maximum Gasteiger partial charge on any atom is 0.387 e. The molecule has 2 aromatic carbocycles. The lowest BCUT2D eigenvalue weighted by molar-refractivity contribution is -0.116. The molecule has 0 saturated heterocycles. The van der Waals surface area contributed by atoms with Crippen LogP contribution in [0.2, 0.25) is 0 Å². The number of amides is 1. The number of carbonyl (C=O) groups is 2. The largest absolute Gasteiger partial charge is 0.433 e. The highest BCUT2D eigenvalue weighted by molar-refractivity contribution is 6.00. The van der Waals surface area contributed by atoms with Crippen molar-refractivity contribution < 1.29 is 23.1 Å². The number of ether oxygens (including phenoxy) is 1. The lowest BCUT2D eigenvalue weighted by atomic mass is 10.0. The van der Waals surface area contributed by atoms with Gasteiger partial charge >= 0.3 is 6.61 Å². The summed E-state index contributed by atoms with van der Waals surface area (Å²) < 4.78 is 29.1. The Morgan fingerprint density at radius 3 is 2.44 bits per heavy atom. The third-order valence-electron chi connectivity index (χ3n) is 3.79. The molecule has 132 valence electrons. The topological polar surface area (TPSA) is 55.4 Å². The zero-order chi connectivity index (χ0) is 18.4. The van der Waals surface area contributed by atoms with Gasteiger partial charge in [0.05, 0.1) is 5.69 Å². The van der Waals surface area contributed by atoms with Gasteiger partial charge in [-0.15, -0.1) is 0 Å². The number of benzene rings is 2. The van der Waals surface area contributed by atoms with Crippen molar-refractivity contribution in [1.82, 2.24) is 0 Å². The number of para-hydroxylation sites is 2. The quantitative estimate of drug-likeness (QED) is 0.750. The minimum atomic E-state index is -2.98. The summed E-state index contributed by atoms with van der Waals surface area (Å²) in [6.45, 7) is 0.888. The number of hydrogen-bond donors (Lipinski definition) is 1. The molecule has 4 nitrogen and oxygen atoms in total. The third-order valence-corrected chi connectivity index (χ3v) is 3.79. The summed E-state index contributed by atoms with van der Waals surface area (Å²) in [5, 5.41) is 2.49. The van der Waals surface area contributed by atoms with E-state index in [0.29, 0.717) is 5.56 Å². The van der Waals surface area contributed by atoms with Gasteiger partial charge in [0, 0.05) is 18.4 Å². The van der Waals surface area contributed by atoms with E-state index in [1.807, 2.05) is 19.9 Å². The van der Waals surface area contributed by atoms with Crippen LogP contribution in [0.15, 0.2) is 42.5 Å². The highest BCUT2D eigenvalue weighted by Gasteiger charge is 2.13. The second kappa shape index (κ2) is 8.37. The summed E-state index contributed by atoms with van der Waals surface area (Å²) in [7, 11) is 0. The molecule has 1 amide bonds. The van der Waals surface area contributed by atoms with E-state index in [1.54, 1.807) is 18.2 Å². The Labute approximate surface area is 144 Å². The van der Waals surface area contributed by atoms with Gasteiger partial charge in [-0.2, -0.15) is 8.78 Å². The average molecular weight is 347 g/mol. The molecule has 0 saturated carbocycles. The molecule has 0 aliphatic carbocycles. The normalized spacial score (nSPS) is 10.6. The Bertz CT molecular complexity index is 775. The van der Waals surface area contributed by atoms with E-state index in [1.165, 1.54) is 18.2 Å². The fourth-order valence-electron chi connectivity index (χ4n) is 2.27. The van der Waals surface area contributed by atoms with E-state index >= 15 is 0 Å². The zero-order valence-electron chi connectivity index (χ0n) is 14.0. The van der Waals surface area contributed by atoms with Gasteiger partial charge in [-0.25, -0.2) is 0 Å². The van der Waals surface area contributed by atoms with Crippen LogP contribution >= 0.6 is 0 Å². The van der Waals surface area contributed by atoms with E-state index in [0.717, 1.165) is 11.1 Å². The molecule has 0 aliphatic heterocycles. The highest BCUT2D eigenvalue weighted by atomic mass is 19.3. The van der Waals surface area contributed by atoms with Gasteiger partial charge in [-0.3, -0.25) is 9.59 Å². The maximum atomic E-state index is 12.4. The standard InChI is InChI=1S/C19H19F2NO3/c1-12-7-8-14(11-13(12)2)16(23)9-10-18(24)22-15-5-3-4-6-17(15)25-19(20)21/h3-8,11,19H,9-10H2,1-2H3,(H,22,24). The first-order chi connectivity index (χ1) is 11.9. The van der Waals surface area contributed by atoms with Crippen LogP contribution in [0.25, 0.3) is 0 Å². The number of anilines is 1. The number of halogens is 2. The molecule has 0 aliphatic rings. The number of nitrogens with one attached hydrogen (secondary N) is 1. The molecule has 25 heavy (non-hydrogen) atoms. The Morgan fingerprint density at radius 1 is 1.04 bits per heavy atom. The molecular formula is C19H19F2NO3. The Kier molecular flexibility index (Phi) is 6.22. The van der Waals surface area contributed by atoms with Crippen LogP contribution in [0, 0.1) is 13.8 Å². The van der Waals surface area contributed by atoms with Crippen molar-refractivity contribution in [3.63, 3.8) is 0 Å². The molecule has 0 unspecified atom stereocenters. The van der Waals surface area contributed by atoms with Crippen molar-refractivity contribution in [2.75, 3.05) is 5.32 Å². The van der Waals surface area contributed by atoms with Gasteiger partial charge in [0.15, 0.2) is 5.78 Å². The smallest absolute Gasteiger partial charge is 0.387 e. The lowest BCUT2D eigenvalue weighted by Crippen LogP contribution is -2.15. The third kappa shape index (κ3) is 5.38. The second-order valence-electron chi connectivity index (χ2n) is 5.65. The molecule has 0 fully saturated rings. The van der Waals surface area contributed by atoms with Crippen molar-refractivity contribution in [2.24, 2.45) is 0 Å². The van der Waals surface area contributed by atoms with Gasteiger partial charge in [0.1, 0.15) is 5.75 Å². The zero-order valence-corrected chi connectivity index (χ0v) is 14.0. The van der Waals surface area contributed by atoms with Gasteiger partial charge in [0.2, 0.25) is 5.91 Å². The number of alkyl halides is 2. The van der Waals surface area contributed by atoms with Crippen molar-refractivity contribution in [2.45, 2.75) is 33.3 Å². The molecule has 0 spiro atoms. The summed E-state index contributed by atoms with van der Waals surface area (Å²) in [5.74, 6) is -0.704. The SMILES string of the molecule is Cc1ccc(C(=O)CCC(=O)Nc2ccccc2OC(F)F)cc1C. The fraction of sp³-hybridized carbons (Fsp3) is 0.263. The number of aryl methyl sites for hydroxylation is 2. The number of carbonyl (C=O) groups excluding carboxylic acids is 2. The number of rotatable bonds is 7. The first-order valence-corrected chi connectivity index (χ1v) is 7.81. The molecule has 0 radical (unpaired) electrons. The predicted octanol–water partition coefficient (Wildman–Crippen LogP) is 4.51. The lowest BCUT2D eigenvalue weighted by Gasteiger charge is -2.11. The Balaban J connectivity index is 1.94. The molecule has 1 N–H and O–H groups in total. The van der Waals surface area contributed by atoms with Gasteiger partial charge in [-0.05, 0) is 43.2 Å². The summed E-state index contributed by atoms with van der Waals surface area (Å²) in [6, 6.07) is 11.3. The first-order valence-electron chi connectivity index (χ1n) is 7.81. The monoisotopic (exact) mass is 347 g/mol. The first kappa shape index (κ1) is 18.6. The van der Waals surface area contributed by atoms with Crippen molar-refractivity contribution in [3.05, 3.63) is 59.2 Å². The van der Waals surface area contributed by atoms with Crippen LogP contribution in [0.4, 0.5) is 14.5 Å². The van der Waals surface area contributed by atoms with E-state index in [4.69, 9.17) is 0 Å². The fourth-order valence-corrected chi connectivity index (χ4v) is 2.27. The molecule has 2 aromatic rings. The molecule has 6 heteroatoms. The van der Waals surface area contributed by atoms with E-state index in [2.05, 4.69) is 10.1 Å². The summed E-state index contributed by atoms with van der Waals surface area (Å²) in [4.78, 5) is 24.2. The van der Waals surface area contributed by atoms with Gasteiger partial charge in [-0.1, -0.05) is 24.3 Å². The Hall–Kier alpha value is -2.76. The van der Waals surface area contributed by atoms with Crippen LogP contribution in [0.1, 0.15) is 34.3 Å². The number of Topliss-reactive ketones (excluding diaryl/α,β-unsaturated/α-hetero) is 1. The van der Waals surface area contributed by atoms with Crippen LogP contribution in [-0.2, 0) is 4.79 Å². The summed E-state index contributed by atoms with van der Waals surface area (Å²) in [5.41, 5.74) is 2.79.